The largest absolute Gasteiger partial charge is 0.461 e. The molecule has 0 rings (SSSR count). The molecule has 0 aromatic heterocycles. The molecule has 0 heterocycles. The van der Waals surface area contributed by atoms with Crippen molar-refractivity contribution >= 4 is 29.6 Å². The van der Waals surface area contributed by atoms with E-state index in [1.165, 1.54) is 51.4 Å². The van der Waals surface area contributed by atoms with Gasteiger partial charge in [-0.15, -0.1) is 0 Å². The summed E-state index contributed by atoms with van der Waals surface area (Å²) in [4.78, 5) is 41.5. The lowest BCUT2D eigenvalue weighted by molar-refractivity contribution is -0.143. The monoisotopic (exact) mass is 709 g/mol. The van der Waals surface area contributed by atoms with Crippen LogP contribution in [0.2, 0.25) is 0 Å². The summed E-state index contributed by atoms with van der Waals surface area (Å²) in [6.45, 7) is 11.0. The smallest absolute Gasteiger partial charge is 0.306 e. The van der Waals surface area contributed by atoms with Gasteiger partial charge in [0.15, 0.2) is 0 Å². The van der Waals surface area contributed by atoms with Gasteiger partial charge in [-0.05, 0) is 65.0 Å². The summed E-state index contributed by atoms with van der Waals surface area (Å²) in [7, 11) is 2.11. The molecule has 0 aliphatic carbocycles. The second kappa shape index (κ2) is 37.5. The van der Waals surface area contributed by atoms with Gasteiger partial charge in [-0.3, -0.25) is 14.4 Å². The molecule has 0 saturated carbocycles. The topological polar surface area (TPSA) is 76.1 Å². The first kappa shape index (κ1) is 47.2. The fraction of sp³-hybridized carbons (Fsp3) is 0.829. The number of hydrogen-bond donors (Lipinski definition) is 0. The molecule has 0 aliphatic rings. The average molecular weight is 709 g/mol. The van der Waals surface area contributed by atoms with Gasteiger partial charge < -0.3 is 19.3 Å². The molecule has 0 bridgehead atoms. The molecule has 0 saturated heterocycles. The number of amides is 1. The van der Waals surface area contributed by atoms with Crippen LogP contribution in [0.1, 0.15) is 162 Å². The minimum atomic E-state index is -0.105. The predicted octanol–water partition coefficient (Wildman–Crippen LogP) is 10.3. The Labute approximate surface area is 306 Å². The number of ether oxygens (including phenoxy) is 2. The summed E-state index contributed by atoms with van der Waals surface area (Å²) in [5, 5.41) is 0. The van der Waals surface area contributed by atoms with E-state index in [0.29, 0.717) is 31.8 Å². The number of carbonyl (C=O) groups excluding carboxylic acids is 3. The van der Waals surface area contributed by atoms with Crippen molar-refractivity contribution in [2.24, 2.45) is 0 Å². The van der Waals surface area contributed by atoms with Crippen molar-refractivity contribution in [3.05, 3.63) is 24.3 Å². The first-order valence-electron chi connectivity index (χ1n) is 20.1. The van der Waals surface area contributed by atoms with Crippen LogP contribution in [0.15, 0.2) is 24.3 Å². The van der Waals surface area contributed by atoms with Crippen molar-refractivity contribution < 1.29 is 23.9 Å². The van der Waals surface area contributed by atoms with Gasteiger partial charge in [0, 0.05) is 38.2 Å². The third-order valence-corrected chi connectivity index (χ3v) is 9.74. The average Bonchev–Trinajstić information content (AvgIpc) is 3.10. The normalized spacial score (nSPS) is 11.6. The highest BCUT2D eigenvalue weighted by Gasteiger charge is 2.13. The molecule has 0 aromatic rings. The Morgan fingerprint density at radius 3 is 1.47 bits per heavy atom. The third kappa shape index (κ3) is 34.4. The predicted molar refractivity (Wildman–Crippen MR) is 210 cm³/mol. The van der Waals surface area contributed by atoms with Crippen LogP contribution < -0.4 is 0 Å². The Kier molecular flexibility index (Phi) is 36.1. The van der Waals surface area contributed by atoms with E-state index in [1.54, 1.807) is 11.8 Å². The number of esters is 2. The fourth-order valence-corrected chi connectivity index (χ4v) is 6.31. The Hall–Kier alpha value is -1.80. The molecule has 8 heteroatoms. The van der Waals surface area contributed by atoms with Gasteiger partial charge in [0.25, 0.3) is 0 Å². The molecule has 0 radical (unpaired) electrons. The van der Waals surface area contributed by atoms with E-state index in [9.17, 15) is 14.4 Å². The molecule has 0 unspecified atom stereocenters. The van der Waals surface area contributed by atoms with Crippen molar-refractivity contribution in [2.45, 2.75) is 162 Å². The number of carbonyl (C=O) groups is 3. The SMILES string of the molecule is CCCCCCC=CCOC(=O)CCCCCCCN(CCCCCCCC(=O)OCC=CCCCCCC)C(=O)CSCCN(C)CC. The third-order valence-electron chi connectivity index (χ3n) is 8.82. The van der Waals surface area contributed by atoms with Crippen LogP contribution in [0, 0.1) is 0 Å². The van der Waals surface area contributed by atoms with Crippen LogP contribution in [0.5, 0.6) is 0 Å². The molecular weight excluding hydrogens is 633 g/mol. The highest BCUT2D eigenvalue weighted by molar-refractivity contribution is 7.99. The Morgan fingerprint density at radius 2 is 1.00 bits per heavy atom. The van der Waals surface area contributed by atoms with Crippen LogP contribution in [0.3, 0.4) is 0 Å². The molecule has 0 N–H and O–H groups in total. The minimum absolute atomic E-state index is 0.105. The molecule has 0 fully saturated rings. The lowest BCUT2D eigenvalue weighted by Gasteiger charge is -2.23. The van der Waals surface area contributed by atoms with E-state index in [1.807, 2.05) is 12.2 Å². The summed E-state index contributed by atoms with van der Waals surface area (Å²) in [6.07, 6.45) is 31.3. The van der Waals surface area contributed by atoms with Crippen molar-refractivity contribution in [3.63, 3.8) is 0 Å². The first-order valence-corrected chi connectivity index (χ1v) is 21.2. The van der Waals surface area contributed by atoms with Crippen LogP contribution in [-0.4, -0.2) is 85.6 Å². The number of thioether (sulfide) groups is 1. The van der Waals surface area contributed by atoms with Gasteiger partial charge in [-0.1, -0.05) is 122 Å². The van der Waals surface area contributed by atoms with Crippen LogP contribution in [0.25, 0.3) is 0 Å². The van der Waals surface area contributed by atoms with Crippen molar-refractivity contribution in [1.82, 2.24) is 9.80 Å². The molecule has 7 nitrogen and oxygen atoms in total. The summed E-state index contributed by atoms with van der Waals surface area (Å²) in [5.41, 5.74) is 0. The van der Waals surface area contributed by atoms with E-state index in [2.05, 4.69) is 49.8 Å². The first-order chi connectivity index (χ1) is 23.9. The van der Waals surface area contributed by atoms with Gasteiger partial charge >= 0.3 is 11.9 Å². The maximum Gasteiger partial charge on any atom is 0.306 e. The molecule has 0 spiro atoms. The number of hydrogen-bond acceptors (Lipinski definition) is 7. The summed E-state index contributed by atoms with van der Waals surface area (Å²) >= 11 is 1.73. The van der Waals surface area contributed by atoms with Gasteiger partial charge in [0.05, 0.1) is 5.75 Å². The second-order valence-corrected chi connectivity index (χ2v) is 14.5. The zero-order valence-electron chi connectivity index (χ0n) is 32.4. The molecule has 0 aromatic carbocycles. The van der Waals surface area contributed by atoms with E-state index < -0.39 is 0 Å². The van der Waals surface area contributed by atoms with Gasteiger partial charge in [-0.2, -0.15) is 11.8 Å². The van der Waals surface area contributed by atoms with Crippen molar-refractivity contribution in [1.29, 1.82) is 0 Å². The number of unbranched alkanes of at least 4 members (excludes halogenated alkanes) is 16. The van der Waals surface area contributed by atoms with E-state index in [0.717, 1.165) is 109 Å². The minimum Gasteiger partial charge on any atom is -0.461 e. The Bertz CT molecular complexity index is 783. The molecular formula is C41H76N2O5S. The van der Waals surface area contributed by atoms with Gasteiger partial charge in [-0.25, -0.2) is 0 Å². The highest BCUT2D eigenvalue weighted by atomic mass is 32.2. The van der Waals surface area contributed by atoms with E-state index in [4.69, 9.17) is 9.47 Å². The molecule has 0 atom stereocenters. The highest BCUT2D eigenvalue weighted by Crippen LogP contribution is 2.12. The molecule has 1 amide bonds. The standard InChI is InChI=1S/C41H76N2O5S/c1-5-8-10-12-14-22-28-35-47-40(45)30-24-18-16-20-26-32-43(39(44)38-49-37-34-42(4)7-3)33-27-21-17-19-25-31-41(46)48-36-29-23-15-13-11-9-6-2/h22-23,28-29H,5-21,24-27,30-38H2,1-4H3. The maximum atomic E-state index is 13.1. The number of allylic oxidation sites excluding steroid dienone is 2. The Balaban J connectivity index is 4.18. The van der Waals surface area contributed by atoms with Crippen molar-refractivity contribution in [2.75, 3.05) is 57.9 Å². The number of nitrogens with zero attached hydrogens (tertiary/aromatic N) is 2. The maximum absolute atomic E-state index is 13.1. The lowest BCUT2D eigenvalue weighted by atomic mass is 10.1. The summed E-state index contributed by atoms with van der Waals surface area (Å²) < 4.78 is 10.7. The zero-order chi connectivity index (χ0) is 36.0. The Morgan fingerprint density at radius 1 is 0.551 bits per heavy atom. The quantitative estimate of drug-likeness (QED) is 0.0364. The van der Waals surface area contributed by atoms with Crippen LogP contribution in [0.4, 0.5) is 0 Å². The lowest BCUT2D eigenvalue weighted by Crippen LogP contribution is -2.34. The molecule has 49 heavy (non-hydrogen) atoms. The number of rotatable bonds is 36. The molecule has 0 aliphatic heterocycles. The summed E-state index contributed by atoms with van der Waals surface area (Å²) in [5.74, 6) is 1.56. The molecule has 286 valence electrons. The van der Waals surface area contributed by atoms with E-state index in [-0.39, 0.29) is 17.8 Å². The van der Waals surface area contributed by atoms with Crippen molar-refractivity contribution in [3.8, 4) is 0 Å². The van der Waals surface area contributed by atoms with Crippen LogP contribution in [-0.2, 0) is 23.9 Å². The van der Waals surface area contributed by atoms with Gasteiger partial charge in [0.1, 0.15) is 13.2 Å². The summed E-state index contributed by atoms with van der Waals surface area (Å²) in [6, 6.07) is 0. The van der Waals surface area contributed by atoms with Crippen LogP contribution >= 0.6 is 11.8 Å². The zero-order valence-corrected chi connectivity index (χ0v) is 33.2. The van der Waals surface area contributed by atoms with Gasteiger partial charge in [0.2, 0.25) is 5.91 Å². The van der Waals surface area contributed by atoms with E-state index >= 15 is 0 Å². The fourth-order valence-electron chi connectivity index (χ4n) is 5.37. The second-order valence-electron chi connectivity index (χ2n) is 13.4.